The molecule has 0 aliphatic heterocycles. The number of nitrogens with one attached hydrogen (secondary N) is 3. The average Bonchev–Trinajstić information content (AvgIpc) is 3.12. The number of aromatic amines is 2. The summed E-state index contributed by atoms with van der Waals surface area (Å²) >= 11 is 0. The molecule has 1 aromatic carbocycles. The van der Waals surface area contributed by atoms with Crippen molar-refractivity contribution < 1.29 is 32.2 Å². The summed E-state index contributed by atoms with van der Waals surface area (Å²) in [7, 11) is -3.96. The monoisotopic (exact) mass is 451 g/mol. The molecular weight excluding hydrogens is 430 g/mol. The highest BCUT2D eigenvalue weighted by Gasteiger charge is 2.20. The molecule has 0 fully saturated rings. The van der Waals surface area contributed by atoms with Crippen molar-refractivity contribution in [2.45, 2.75) is 25.2 Å². The number of carbonyl (C=O) groups excluding carboxylic acids is 2. The molecule has 0 radical (unpaired) electrons. The van der Waals surface area contributed by atoms with Crippen molar-refractivity contribution in [2.75, 3.05) is 19.8 Å². The first kappa shape index (κ1) is 22.3. The summed E-state index contributed by atoms with van der Waals surface area (Å²) in [6, 6.07) is 4.08. The maximum atomic E-state index is 12.7. The molecule has 166 valence electrons. The van der Waals surface area contributed by atoms with Gasteiger partial charge in [-0.2, -0.15) is 0 Å². The van der Waals surface area contributed by atoms with E-state index in [1.807, 2.05) is 0 Å². The highest BCUT2D eigenvalue weighted by Crippen LogP contribution is 2.31. The molecule has 3 aromatic rings. The molecule has 31 heavy (non-hydrogen) atoms. The van der Waals surface area contributed by atoms with E-state index >= 15 is 0 Å². The molecule has 0 saturated heterocycles. The summed E-state index contributed by atoms with van der Waals surface area (Å²) in [5.74, 6) is -0.495. The lowest BCUT2D eigenvalue weighted by molar-refractivity contribution is -0.142. The van der Waals surface area contributed by atoms with Gasteiger partial charge in [-0.15, -0.1) is 0 Å². The number of esters is 1. The fraction of sp³-hybridized carbons (Fsp3) is 0.316. The second-order valence-electron chi connectivity index (χ2n) is 6.30. The molecule has 11 nitrogen and oxygen atoms in total. The molecule has 2 heterocycles. The van der Waals surface area contributed by atoms with Crippen LogP contribution in [0.1, 0.15) is 20.3 Å². The van der Waals surface area contributed by atoms with Crippen molar-refractivity contribution in [3.8, 4) is 5.75 Å². The number of sulfonamides is 1. The van der Waals surface area contributed by atoms with Gasteiger partial charge in [0.05, 0.1) is 29.9 Å². The van der Waals surface area contributed by atoms with Gasteiger partial charge in [0, 0.05) is 23.6 Å². The Morgan fingerprint density at radius 1 is 1.13 bits per heavy atom. The molecule has 0 bridgehead atoms. The van der Waals surface area contributed by atoms with Crippen LogP contribution < -0.4 is 15.0 Å². The lowest BCUT2D eigenvalue weighted by Gasteiger charge is -2.09. The number of fused-ring (bicyclic) bond motifs is 3. The van der Waals surface area contributed by atoms with E-state index in [4.69, 9.17) is 14.2 Å². The predicted octanol–water partition coefficient (Wildman–Crippen LogP) is 1.78. The van der Waals surface area contributed by atoms with Gasteiger partial charge in [0.2, 0.25) is 10.0 Å². The Balaban J connectivity index is 2.00. The third kappa shape index (κ3) is 4.86. The van der Waals surface area contributed by atoms with E-state index in [1.165, 1.54) is 24.4 Å². The lowest BCUT2D eigenvalue weighted by Crippen LogP contribution is -2.26. The molecule has 0 spiro atoms. The van der Waals surface area contributed by atoms with Crippen molar-refractivity contribution >= 4 is 44.0 Å². The van der Waals surface area contributed by atoms with E-state index in [9.17, 15) is 22.8 Å². The minimum absolute atomic E-state index is 0.0226. The largest absolute Gasteiger partial charge is 0.513 e. The number of hydrogen-bond acceptors (Lipinski definition) is 8. The first-order chi connectivity index (χ1) is 14.8. The van der Waals surface area contributed by atoms with Gasteiger partial charge in [-0.25, -0.2) is 17.9 Å². The van der Waals surface area contributed by atoms with Crippen LogP contribution in [0.3, 0.4) is 0 Å². The van der Waals surface area contributed by atoms with Gasteiger partial charge in [-0.1, -0.05) is 0 Å². The molecular formula is C19H21N3O8S. The van der Waals surface area contributed by atoms with Crippen molar-refractivity contribution in [2.24, 2.45) is 0 Å². The van der Waals surface area contributed by atoms with Crippen molar-refractivity contribution in [3.05, 3.63) is 34.7 Å². The Hall–Kier alpha value is -3.38. The van der Waals surface area contributed by atoms with Gasteiger partial charge in [0.15, 0.2) is 5.75 Å². The van der Waals surface area contributed by atoms with E-state index in [0.717, 1.165) is 0 Å². The van der Waals surface area contributed by atoms with E-state index in [1.54, 1.807) is 13.8 Å². The topological polar surface area (TPSA) is 157 Å². The Morgan fingerprint density at radius 2 is 1.87 bits per heavy atom. The normalized spacial score (nSPS) is 11.5. The fourth-order valence-electron chi connectivity index (χ4n) is 2.96. The summed E-state index contributed by atoms with van der Waals surface area (Å²) in [4.78, 5) is 40.7. The molecule has 12 heteroatoms. The zero-order valence-corrected chi connectivity index (χ0v) is 17.6. The quantitative estimate of drug-likeness (QED) is 0.437. The second kappa shape index (κ2) is 9.18. The first-order valence-corrected chi connectivity index (χ1v) is 10.9. The minimum atomic E-state index is -3.96. The third-order valence-electron chi connectivity index (χ3n) is 4.27. The van der Waals surface area contributed by atoms with Crippen LogP contribution in [0, 0.1) is 0 Å². The molecule has 2 aromatic heterocycles. The number of rotatable bonds is 8. The number of pyridine rings is 1. The number of aromatic nitrogens is 2. The lowest BCUT2D eigenvalue weighted by atomic mass is 10.1. The van der Waals surface area contributed by atoms with Crippen LogP contribution in [0.15, 0.2) is 34.1 Å². The Kier molecular flexibility index (Phi) is 6.61. The Morgan fingerprint density at radius 3 is 2.58 bits per heavy atom. The summed E-state index contributed by atoms with van der Waals surface area (Å²) in [5.41, 5.74) is -0.0164. The van der Waals surface area contributed by atoms with Crippen LogP contribution >= 0.6 is 0 Å². The molecule has 0 aliphatic rings. The summed E-state index contributed by atoms with van der Waals surface area (Å²) in [5, 5.41) is 0.568. The smallest absolute Gasteiger partial charge is 0.466 e. The van der Waals surface area contributed by atoms with Gasteiger partial charge in [0.1, 0.15) is 5.52 Å². The number of ether oxygens (including phenoxy) is 3. The van der Waals surface area contributed by atoms with E-state index in [-0.39, 0.29) is 47.7 Å². The second-order valence-corrected chi connectivity index (χ2v) is 8.07. The van der Waals surface area contributed by atoms with Crippen molar-refractivity contribution in [1.29, 1.82) is 0 Å². The minimum Gasteiger partial charge on any atom is -0.466 e. The zero-order valence-electron chi connectivity index (χ0n) is 16.8. The Labute approximate surface area is 176 Å². The maximum Gasteiger partial charge on any atom is 0.513 e. The van der Waals surface area contributed by atoms with Crippen LogP contribution in [0.5, 0.6) is 5.75 Å². The molecule has 0 atom stereocenters. The summed E-state index contributed by atoms with van der Waals surface area (Å²) in [6.07, 6.45) is 0.240. The van der Waals surface area contributed by atoms with Gasteiger partial charge in [-0.3, -0.25) is 9.59 Å². The molecule has 0 amide bonds. The van der Waals surface area contributed by atoms with Crippen molar-refractivity contribution in [3.63, 3.8) is 0 Å². The molecule has 3 N–H and O–H groups in total. The molecule has 0 unspecified atom stereocenters. The van der Waals surface area contributed by atoms with Crippen LogP contribution in [0.25, 0.3) is 21.8 Å². The number of H-pyrrole nitrogens is 2. The van der Waals surface area contributed by atoms with Crippen LogP contribution in [0.2, 0.25) is 0 Å². The van der Waals surface area contributed by atoms with E-state index in [0.29, 0.717) is 10.9 Å². The van der Waals surface area contributed by atoms with E-state index in [2.05, 4.69) is 14.7 Å². The van der Waals surface area contributed by atoms with Gasteiger partial charge >= 0.3 is 12.1 Å². The highest BCUT2D eigenvalue weighted by molar-refractivity contribution is 7.89. The zero-order chi connectivity index (χ0) is 22.6. The average molecular weight is 451 g/mol. The first-order valence-electron chi connectivity index (χ1n) is 9.43. The predicted molar refractivity (Wildman–Crippen MR) is 111 cm³/mol. The van der Waals surface area contributed by atoms with Crippen LogP contribution in [0.4, 0.5) is 4.79 Å². The molecule has 3 rings (SSSR count). The van der Waals surface area contributed by atoms with Gasteiger partial charge in [0.25, 0.3) is 5.56 Å². The fourth-order valence-corrected chi connectivity index (χ4v) is 4.02. The third-order valence-corrected chi connectivity index (χ3v) is 5.73. The Bertz CT molecular complexity index is 1290. The van der Waals surface area contributed by atoms with Crippen LogP contribution in [-0.2, 0) is 24.3 Å². The van der Waals surface area contributed by atoms with E-state index < -0.39 is 27.7 Å². The van der Waals surface area contributed by atoms with Gasteiger partial charge in [-0.05, 0) is 32.0 Å². The number of benzene rings is 1. The molecule has 0 saturated carbocycles. The number of carbonyl (C=O) groups is 2. The van der Waals surface area contributed by atoms with Crippen molar-refractivity contribution in [1.82, 2.24) is 14.7 Å². The standard InChI is InChI=1S/C19H21N3O8S/c1-3-28-15(23)7-8-21-31(26,27)11-5-6-13-12(9-11)16-14(30-19(25)29-4-2)10-20-17(16)18(24)22-13/h5-6,9-10,20-21H,3-4,7-8H2,1-2H3,(H,22,24). The summed E-state index contributed by atoms with van der Waals surface area (Å²) < 4.78 is 42.3. The molecule has 0 aliphatic carbocycles. The maximum absolute atomic E-state index is 12.7. The number of hydrogen-bond donors (Lipinski definition) is 3. The van der Waals surface area contributed by atoms with Gasteiger partial charge < -0.3 is 24.2 Å². The highest BCUT2D eigenvalue weighted by atomic mass is 32.2. The SMILES string of the molecule is CCOC(=O)CCNS(=O)(=O)c1ccc2[nH]c(=O)c3[nH]cc(OC(=O)OCC)c3c2c1. The summed E-state index contributed by atoms with van der Waals surface area (Å²) in [6.45, 7) is 3.44. The van der Waals surface area contributed by atoms with Crippen LogP contribution in [-0.4, -0.2) is 50.3 Å².